The van der Waals surface area contributed by atoms with Crippen molar-refractivity contribution in [2.75, 3.05) is 13.7 Å². The second-order valence-corrected chi connectivity index (χ2v) is 7.64. The summed E-state index contributed by atoms with van der Waals surface area (Å²) in [5.74, 6) is 1.35. The second-order valence-electron chi connectivity index (χ2n) is 6.71. The fraction of sp³-hybridized carbons (Fsp3) is 0.167. The van der Waals surface area contributed by atoms with Gasteiger partial charge in [-0.3, -0.25) is 4.79 Å². The van der Waals surface area contributed by atoms with Crippen LogP contribution >= 0.6 is 11.8 Å². The number of ether oxygens (including phenoxy) is 1. The molecule has 30 heavy (non-hydrogen) atoms. The van der Waals surface area contributed by atoms with Gasteiger partial charge in [-0.05, 0) is 41.8 Å². The lowest BCUT2D eigenvalue weighted by atomic mass is 10.1. The van der Waals surface area contributed by atoms with Crippen molar-refractivity contribution in [2.45, 2.75) is 17.4 Å². The van der Waals surface area contributed by atoms with Crippen molar-refractivity contribution in [3.05, 3.63) is 89.5 Å². The summed E-state index contributed by atoms with van der Waals surface area (Å²) in [4.78, 5) is 17.3. The standard InChI is InChI=1S/C24H22N2O3S/c1-28-21-12-6-3-8-17(21)14-15-25-23(27)19-10-4-2-9-18(19)16-30-24-26-20-11-5-7-13-22(20)29-24/h2-13H,14-16H2,1H3,(H,25,27). The van der Waals surface area contributed by atoms with E-state index in [0.29, 0.717) is 29.5 Å². The minimum Gasteiger partial charge on any atom is -0.496 e. The van der Waals surface area contributed by atoms with Gasteiger partial charge in [-0.1, -0.05) is 60.3 Å². The van der Waals surface area contributed by atoms with Gasteiger partial charge in [0, 0.05) is 17.9 Å². The molecular weight excluding hydrogens is 396 g/mol. The summed E-state index contributed by atoms with van der Waals surface area (Å²) >= 11 is 1.48. The van der Waals surface area contributed by atoms with E-state index >= 15 is 0 Å². The second kappa shape index (κ2) is 9.50. The van der Waals surface area contributed by atoms with Crippen molar-refractivity contribution in [2.24, 2.45) is 0 Å². The van der Waals surface area contributed by atoms with Crippen molar-refractivity contribution in [3.63, 3.8) is 0 Å². The zero-order valence-corrected chi connectivity index (χ0v) is 17.4. The van der Waals surface area contributed by atoms with Crippen molar-refractivity contribution < 1.29 is 13.9 Å². The molecule has 1 aromatic heterocycles. The minimum absolute atomic E-state index is 0.0846. The van der Waals surface area contributed by atoms with Crippen LogP contribution in [-0.2, 0) is 12.2 Å². The largest absolute Gasteiger partial charge is 0.496 e. The third kappa shape index (κ3) is 4.66. The minimum atomic E-state index is -0.0846. The van der Waals surface area contributed by atoms with Crippen LogP contribution in [0.25, 0.3) is 11.1 Å². The maximum absolute atomic E-state index is 12.8. The van der Waals surface area contributed by atoms with E-state index < -0.39 is 0 Å². The number of rotatable bonds is 8. The van der Waals surface area contributed by atoms with E-state index in [9.17, 15) is 4.79 Å². The average molecular weight is 419 g/mol. The number of fused-ring (bicyclic) bond motifs is 1. The molecule has 0 aliphatic heterocycles. The van der Waals surface area contributed by atoms with Crippen molar-refractivity contribution >= 4 is 28.8 Å². The Kier molecular flexibility index (Phi) is 6.35. The van der Waals surface area contributed by atoms with Crippen molar-refractivity contribution in [1.29, 1.82) is 0 Å². The number of para-hydroxylation sites is 3. The van der Waals surface area contributed by atoms with Crippen LogP contribution in [0.1, 0.15) is 21.5 Å². The summed E-state index contributed by atoms with van der Waals surface area (Å²) in [6, 6.07) is 23.1. The van der Waals surface area contributed by atoms with Gasteiger partial charge in [0.15, 0.2) is 5.58 Å². The van der Waals surface area contributed by atoms with Gasteiger partial charge in [0.1, 0.15) is 11.3 Å². The first-order valence-electron chi connectivity index (χ1n) is 9.71. The Morgan fingerprint density at radius 1 is 1.00 bits per heavy atom. The number of aromatic nitrogens is 1. The van der Waals surface area contributed by atoms with Gasteiger partial charge in [-0.2, -0.15) is 0 Å². The Balaban J connectivity index is 1.39. The van der Waals surface area contributed by atoms with Crippen LogP contribution in [0.2, 0.25) is 0 Å². The highest BCUT2D eigenvalue weighted by molar-refractivity contribution is 7.98. The number of nitrogens with one attached hydrogen (secondary N) is 1. The Labute approximate surface area is 179 Å². The van der Waals surface area contributed by atoms with Crippen LogP contribution in [0.15, 0.2) is 82.4 Å². The molecule has 0 bridgehead atoms. The molecule has 0 aliphatic rings. The van der Waals surface area contributed by atoms with Gasteiger partial charge in [-0.25, -0.2) is 4.98 Å². The molecule has 3 aromatic carbocycles. The quantitative estimate of drug-likeness (QED) is 0.403. The Bertz CT molecular complexity index is 1120. The molecule has 0 aliphatic carbocycles. The van der Waals surface area contributed by atoms with E-state index in [1.54, 1.807) is 7.11 Å². The van der Waals surface area contributed by atoms with Gasteiger partial charge in [0.25, 0.3) is 11.1 Å². The SMILES string of the molecule is COc1ccccc1CCNC(=O)c1ccccc1CSc1nc2ccccc2o1. The van der Waals surface area contributed by atoms with Gasteiger partial charge in [0.2, 0.25) is 0 Å². The summed E-state index contributed by atoms with van der Waals surface area (Å²) in [5.41, 5.74) is 4.28. The van der Waals surface area contributed by atoms with Gasteiger partial charge in [0.05, 0.1) is 7.11 Å². The summed E-state index contributed by atoms with van der Waals surface area (Å²) < 4.78 is 11.1. The lowest BCUT2D eigenvalue weighted by Gasteiger charge is -2.11. The predicted molar refractivity (Wildman–Crippen MR) is 119 cm³/mol. The molecule has 0 unspecified atom stereocenters. The number of carbonyl (C=O) groups is 1. The highest BCUT2D eigenvalue weighted by atomic mass is 32.2. The summed E-state index contributed by atoms with van der Waals surface area (Å²) in [6.45, 7) is 0.534. The summed E-state index contributed by atoms with van der Waals surface area (Å²) in [7, 11) is 1.65. The molecule has 0 fully saturated rings. The number of nitrogens with zero attached hydrogens (tertiary/aromatic N) is 1. The van der Waals surface area contributed by atoms with Crippen LogP contribution in [0, 0.1) is 0 Å². The molecular formula is C24H22N2O3S. The van der Waals surface area contributed by atoms with E-state index in [0.717, 1.165) is 28.0 Å². The Morgan fingerprint density at radius 2 is 1.73 bits per heavy atom. The van der Waals surface area contributed by atoms with Crippen LogP contribution in [-0.4, -0.2) is 24.5 Å². The normalized spacial score (nSPS) is 10.8. The molecule has 0 radical (unpaired) electrons. The van der Waals surface area contributed by atoms with E-state index in [4.69, 9.17) is 9.15 Å². The molecule has 1 amide bonds. The predicted octanol–water partition coefficient (Wildman–Crippen LogP) is 5.10. The van der Waals surface area contributed by atoms with Crippen molar-refractivity contribution in [1.82, 2.24) is 10.3 Å². The summed E-state index contributed by atoms with van der Waals surface area (Å²) in [5, 5.41) is 3.62. The topological polar surface area (TPSA) is 64.4 Å². The van der Waals surface area contributed by atoms with E-state index in [2.05, 4.69) is 10.3 Å². The van der Waals surface area contributed by atoms with Crippen LogP contribution in [0.3, 0.4) is 0 Å². The molecule has 4 rings (SSSR count). The average Bonchev–Trinajstić information content (AvgIpc) is 3.21. The van der Waals surface area contributed by atoms with Gasteiger partial charge >= 0.3 is 0 Å². The maximum Gasteiger partial charge on any atom is 0.257 e. The maximum atomic E-state index is 12.8. The molecule has 6 heteroatoms. The number of carbonyl (C=O) groups excluding carboxylic acids is 1. The Hall–Kier alpha value is -3.25. The number of thioether (sulfide) groups is 1. The number of hydrogen-bond donors (Lipinski definition) is 1. The molecule has 0 spiro atoms. The zero-order valence-electron chi connectivity index (χ0n) is 16.6. The van der Waals surface area contributed by atoms with Crippen LogP contribution < -0.4 is 10.1 Å². The van der Waals surface area contributed by atoms with Crippen LogP contribution in [0.5, 0.6) is 5.75 Å². The molecule has 1 N–H and O–H groups in total. The lowest BCUT2D eigenvalue weighted by molar-refractivity contribution is 0.0953. The molecule has 0 atom stereocenters. The van der Waals surface area contributed by atoms with E-state index in [1.165, 1.54) is 11.8 Å². The zero-order chi connectivity index (χ0) is 20.8. The number of amides is 1. The van der Waals surface area contributed by atoms with Crippen molar-refractivity contribution in [3.8, 4) is 5.75 Å². The molecule has 4 aromatic rings. The highest BCUT2D eigenvalue weighted by Gasteiger charge is 2.13. The number of benzene rings is 3. The first-order chi connectivity index (χ1) is 14.7. The smallest absolute Gasteiger partial charge is 0.257 e. The fourth-order valence-electron chi connectivity index (χ4n) is 3.24. The van der Waals surface area contributed by atoms with Gasteiger partial charge < -0.3 is 14.5 Å². The summed E-state index contributed by atoms with van der Waals surface area (Å²) in [6.07, 6.45) is 0.704. The van der Waals surface area contributed by atoms with Gasteiger partial charge in [-0.15, -0.1) is 0 Å². The van der Waals surface area contributed by atoms with E-state index in [-0.39, 0.29) is 5.91 Å². The molecule has 0 saturated carbocycles. The highest BCUT2D eigenvalue weighted by Crippen LogP contribution is 2.27. The molecule has 1 heterocycles. The fourth-order valence-corrected chi connectivity index (χ4v) is 4.08. The lowest BCUT2D eigenvalue weighted by Crippen LogP contribution is -2.26. The first-order valence-corrected chi connectivity index (χ1v) is 10.7. The Morgan fingerprint density at radius 3 is 2.57 bits per heavy atom. The van der Waals surface area contributed by atoms with Crippen LogP contribution in [0.4, 0.5) is 0 Å². The molecule has 5 nitrogen and oxygen atoms in total. The van der Waals surface area contributed by atoms with E-state index in [1.807, 2.05) is 72.8 Å². The molecule has 0 saturated heterocycles. The number of oxazole rings is 1. The third-order valence-corrected chi connectivity index (χ3v) is 5.64. The monoisotopic (exact) mass is 418 g/mol. The third-order valence-electron chi connectivity index (χ3n) is 4.76. The number of methoxy groups -OCH3 is 1. The molecule has 152 valence electrons. The first kappa shape index (κ1) is 20.0. The number of hydrogen-bond acceptors (Lipinski definition) is 5.